The number of rotatable bonds is 11. The van der Waals surface area contributed by atoms with Crippen LogP contribution in [0.25, 0.3) is 6.08 Å². The minimum Gasteiger partial charge on any atom is -0.323 e. The Balaban J connectivity index is 2.03. The molecule has 0 aromatic heterocycles. The van der Waals surface area contributed by atoms with Crippen LogP contribution in [0, 0.1) is 0 Å². The van der Waals surface area contributed by atoms with E-state index >= 15 is 0 Å². The fourth-order valence-corrected chi connectivity index (χ4v) is 4.61. The summed E-state index contributed by atoms with van der Waals surface area (Å²) in [6.07, 6.45) is 11.3. The molecule has 0 saturated carbocycles. The molecule has 2 nitrogen and oxygen atoms in total. The molecule has 2 rings (SSSR count). The van der Waals surface area contributed by atoms with E-state index in [2.05, 4.69) is 32.9 Å². The summed E-state index contributed by atoms with van der Waals surface area (Å²) in [5, 5.41) is 0. The van der Waals surface area contributed by atoms with Gasteiger partial charge in [0, 0.05) is 12.3 Å². The third-order valence-corrected chi connectivity index (χ3v) is 6.72. The molecule has 29 heavy (non-hydrogen) atoms. The zero-order valence-electron chi connectivity index (χ0n) is 17.9. The molecule has 154 valence electrons. The normalized spacial score (nSPS) is 14.0. The summed E-state index contributed by atoms with van der Waals surface area (Å²) in [5.74, 6) is 0. The first-order valence-corrected chi connectivity index (χ1v) is 12.2. The van der Waals surface area contributed by atoms with Crippen LogP contribution in [0.2, 0.25) is 0 Å². The van der Waals surface area contributed by atoms with Crippen LogP contribution in [0.5, 0.6) is 0 Å². The highest BCUT2D eigenvalue weighted by Crippen LogP contribution is 2.48. The van der Waals surface area contributed by atoms with Crippen LogP contribution < -0.4 is 0 Å². The van der Waals surface area contributed by atoms with Gasteiger partial charge in [-0.2, -0.15) is 0 Å². The van der Waals surface area contributed by atoms with Gasteiger partial charge in [-0.05, 0) is 44.7 Å². The third kappa shape index (κ3) is 9.74. The quantitative estimate of drug-likeness (QED) is 0.279. The summed E-state index contributed by atoms with van der Waals surface area (Å²) in [6, 6.07) is 20.0. The van der Waals surface area contributed by atoms with Gasteiger partial charge in [-0.3, -0.25) is 4.57 Å². The lowest BCUT2D eigenvalue weighted by Crippen LogP contribution is -1.99. The maximum Gasteiger partial charge on any atom is 0.210 e. The second kappa shape index (κ2) is 12.4. The van der Waals surface area contributed by atoms with Crippen molar-refractivity contribution in [1.29, 1.82) is 0 Å². The molecule has 0 bridgehead atoms. The molecule has 0 aliphatic rings. The Bertz CT molecular complexity index is 860. The fourth-order valence-electron chi connectivity index (χ4n) is 2.85. The number of allylic oxidation sites excluding steroid dienone is 5. The largest absolute Gasteiger partial charge is 0.323 e. The Morgan fingerprint density at radius 3 is 2.21 bits per heavy atom. The summed E-state index contributed by atoms with van der Waals surface area (Å²) in [6.45, 7) is 6.72. The predicted octanol–water partition coefficient (Wildman–Crippen LogP) is 7.89. The average molecular weight is 409 g/mol. The van der Waals surface area contributed by atoms with Crippen LogP contribution >= 0.6 is 7.37 Å². The topological polar surface area (TPSA) is 26.3 Å². The van der Waals surface area contributed by atoms with E-state index in [9.17, 15) is 4.57 Å². The van der Waals surface area contributed by atoms with Crippen LogP contribution in [0.3, 0.4) is 0 Å². The van der Waals surface area contributed by atoms with Crippen molar-refractivity contribution < 1.29 is 9.09 Å². The lowest BCUT2D eigenvalue weighted by Gasteiger charge is -2.16. The number of hydrogen-bond acceptors (Lipinski definition) is 2. The maximum absolute atomic E-state index is 13.5. The fraction of sp³-hybridized carbons (Fsp3) is 0.308. The Hall–Kier alpha value is -2.15. The highest BCUT2D eigenvalue weighted by Gasteiger charge is 2.20. The van der Waals surface area contributed by atoms with E-state index in [0.29, 0.717) is 18.9 Å². The molecule has 2 aromatic carbocycles. The van der Waals surface area contributed by atoms with Gasteiger partial charge in [-0.25, -0.2) is 0 Å². The molecule has 0 aliphatic heterocycles. The molecular formula is C26H33O2P. The molecular weight excluding hydrogens is 375 g/mol. The third-order valence-electron chi connectivity index (χ3n) is 4.61. The first kappa shape index (κ1) is 23.1. The van der Waals surface area contributed by atoms with Gasteiger partial charge in [-0.1, -0.05) is 96.1 Å². The molecule has 0 aliphatic carbocycles. The maximum atomic E-state index is 13.5. The minimum atomic E-state index is -2.81. The van der Waals surface area contributed by atoms with Gasteiger partial charge < -0.3 is 4.52 Å². The Morgan fingerprint density at radius 2 is 1.55 bits per heavy atom. The monoisotopic (exact) mass is 408 g/mol. The van der Waals surface area contributed by atoms with Crippen molar-refractivity contribution in [3.63, 3.8) is 0 Å². The lowest BCUT2D eigenvalue weighted by atomic mass is 10.1. The van der Waals surface area contributed by atoms with Gasteiger partial charge in [0.15, 0.2) is 0 Å². The van der Waals surface area contributed by atoms with E-state index < -0.39 is 7.37 Å². The summed E-state index contributed by atoms with van der Waals surface area (Å²) >= 11 is 0. The Labute approximate surface area is 176 Å². The van der Waals surface area contributed by atoms with Crippen LogP contribution in [0.15, 0.2) is 90.0 Å². The van der Waals surface area contributed by atoms with E-state index in [-0.39, 0.29) is 0 Å². The van der Waals surface area contributed by atoms with E-state index in [1.165, 1.54) is 11.1 Å². The van der Waals surface area contributed by atoms with Crippen molar-refractivity contribution in [2.24, 2.45) is 0 Å². The molecule has 0 fully saturated rings. The highest BCUT2D eigenvalue weighted by molar-refractivity contribution is 7.59. The lowest BCUT2D eigenvalue weighted by molar-refractivity contribution is 0.306. The first-order chi connectivity index (χ1) is 14.0. The smallest absolute Gasteiger partial charge is 0.210 e. The zero-order valence-corrected chi connectivity index (χ0v) is 18.8. The minimum absolute atomic E-state index is 0.377. The average Bonchev–Trinajstić information content (AvgIpc) is 2.72. The summed E-state index contributed by atoms with van der Waals surface area (Å²) < 4.78 is 19.5. The summed E-state index contributed by atoms with van der Waals surface area (Å²) in [7, 11) is -2.81. The van der Waals surface area contributed by atoms with E-state index in [0.717, 1.165) is 24.0 Å². The zero-order chi connectivity index (χ0) is 21.0. The number of benzene rings is 2. The van der Waals surface area contributed by atoms with Gasteiger partial charge in [0.25, 0.3) is 0 Å². The Morgan fingerprint density at radius 1 is 0.897 bits per heavy atom. The van der Waals surface area contributed by atoms with Gasteiger partial charge in [-0.15, -0.1) is 0 Å². The van der Waals surface area contributed by atoms with Crippen LogP contribution in [-0.4, -0.2) is 12.3 Å². The van der Waals surface area contributed by atoms with Crippen LogP contribution in [0.4, 0.5) is 0 Å². The summed E-state index contributed by atoms with van der Waals surface area (Å²) in [4.78, 5) is 0. The van der Waals surface area contributed by atoms with Crippen LogP contribution in [0.1, 0.15) is 44.7 Å². The molecule has 0 saturated heterocycles. The Kier molecular flexibility index (Phi) is 9.91. The molecule has 0 amide bonds. The standard InChI is InChI=1S/C26H33O2P/c1-23(2)12-10-13-24(3)19-21-29(27,28-22-26-16-8-5-9-17-26)20-11-18-25-14-6-4-7-15-25/h4-9,11-12,14-19H,10,13,20-22H2,1-3H3/b18-11+,24-19+. The van der Waals surface area contributed by atoms with Crippen molar-refractivity contribution in [1.82, 2.24) is 0 Å². The van der Waals surface area contributed by atoms with Gasteiger partial charge in [0.1, 0.15) is 0 Å². The van der Waals surface area contributed by atoms with Gasteiger partial charge in [0.2, 0.25) is 7.37 Å². The van der Waals surface area contributed by atoms with Crippen molar-refractivity contribution in [3.8, 4) is 0 Å². The van der Waals surface area contributed by atoms with Gasteiger partial charge >= 0.3 is 0 Å². The van der Waals surface area contributed by atoms with Crippen LogP contribution in [-0.2, 0) is 15.7 Å². The SMILES string of the molecule is CC(C)=CCC/C(C)=C/CP(=O)(C/C=C/c1ccccc1)OCc1ccccc1. The molecule has 0 radical (unpaired) electrons. The highest BCUT2D eigenvalue weighted by atomic mass is 31.2. The van der Waals surface area contributed by atoms with E-state index in [1.807, 2.05) is 72.8 Å². The first-order valence-electron chi connectivity index (χ1n) is 10.2. The molecule has 1 unspecified atom stereocenters. The molecule has 2 aromatic rings. The van der Waals surface area contributed by atoms with Crippen molar-refractivity contribution in [2.45, 2.75) is 40.2 Å². The van der Waals surface area contributed by atoms with E-state index in [4.69, 9.17) is 4.52 Å². The predicted molar refractivity (Wildman–Crippen MR) is 126 cm³/mol. The summed E-state index contributed by atoms with van der Waals surface area (Å²) in [5.41, 5.74) is 4.75. The van der Waals surface area contributed by atoms with Gasteiger partial charge in [0.05, 0.1) is 6.61 Å². The molecule has 1 atom stereocenters. The number of hydrogen-bond donors (Lipinski definition) is 0. The molecule has 0 spiro atoms. The molecule has 0 N–H and O–H groups in total. The van der Waals surface area contributed by atoms with E-state index in [1.54, 1.807) is 0 Å². The molecule has 0 heterocycles. The molecule has 3 heteroatoms. The van der Waals surface area contributed by atoms with Crippen molar-refractivity contribution >= 4 is 13.4 Å². The second-order valence-electron chi connectivity index (χ2n) is 7.62. The van der Waals surface area contributed by atoms with Crippen molar-refractivity contribution in [3.05, 3.63) is 101 Å². The van der Waals surface area contributed by atoms with Crippen molar-refractivity contribution in [2.75, 3.05) is 12.3 Å². The second-order valence-corrected chi connectivity index (χ2v) is 10.2.